The van der Waals surface area contributed by atoms with Crippen LogP contribution in [0.15, 0.2) is 66.9 Å². The second-order valence-electron chi connectivity index (χ2n) is 7.21. The molecule has 0 amide bonds. The van der Waals surface area contributed by atoms with Crippen molar-refractivity contribution in [3.05, 3.63) is 66.9 Å². The Hall–Kier alpha value is -3.38. The molecule has 2 heterocycles. The Morgan fingerprint density at radius 2 is 1.64 bits per heavy atom. The first-order valence-electron chi connectivity index (χ1n) is 9.40. The molecule has 5 rings (SSSR count). The van der Waals surface area contributed by atoms with Gasteiger partial charge in [-0.2, -0.15) is 5.10 Å². The number of aromatic nitrogens is 3. The van der Waals surface area contributed by atoms with Crippen molar-refractivity contribution in [1.29, 1.82) is 0 Å². The average Bonchev–Trinajstić information content (AvgIpc) is 3.07. The van der Waals surface area contributed by atoms with Crippen LogP contribution in [0, 0.1) is 0 Å². The summed E-state index contributed by atoms with van der Waals surface area (Å²) in [6.07, 6.45) is 3.60. The van der Waals surface area contributed by atoms with Crippen molar-refractivity contribution in [1.82, 2.24) is 14.8 Å². The minimum atomic E-state index is 0.251. The zero-order chi connectivity index (χ0) is 19.1. The molecule has 4 aromatic rings. The Morgan fingerprint density at radius 3 is 2.36 bits per heavy atom. The molecule has 0 aliphatic heterocycles. The highest BCUT2D eigenvalue weighted by Crippen LogP contribution is 2.38. The van der Waals surface area contributed by atoms with Gasteiger partial charge in [0, 0.05) is 17.8 Å². The molecule has 0 unspecified atom stereocenters. The Morgan fingerprint density at radius 1 is 0.929 bits per heavy atom. The van der Waals surface area contributed by atoms with Crippen molar-refractivity contribution in [2.45, 2.75) is 24.9 Å². The fourth-order valence-corrected chi connectivity index (χ4v) is 3.73. The minimum absolute atomic E-state index is 0.251. The van der Waals surface area contributed by atoms with E-state index in [-0.39, 0.29) is 6.04 Å². The summed E-state index contributed by atoms with van der Waals surface area (Å²) < 4.78 is 7.94. The van der Waals surface area contributed by atoms with Crippen molar-refractivity contribution in [2.24, 2.45) is 5.73 Å². The summed E-state index contributed by atoms with van der Waals surface area (Å²) in [6.45, 7) is 0. The van der Waals surface area contributed by atoms with Crippen molar-refractivity contribution < 1.29 is 4.74 Å². The lowest BCUT2D eigenvalue weighted by molar-refractivity contribution is 0.254. The molecule has 1 saturated carbocycles. The first-order valence-corrected chi connectivity index (χ1v) is 9.40. The van der Waals surface area contributed by atoms with E-state index in [9.17, 15) is 0 Å². The summed E-state index contributed by atoms with van der Waals surface area (Å²) in [5, 5.41) is 5.78. The molecule has 0 radical (unpaired) electrons. The zero-order valence-corrected chi connectivity index (χ0v) is 15.3. The van der Waals surface area contributed by atoms with Crippen molar-refractivity contribution in [3.63, 3.8) is 0 Å². The quantitative estimate of drug-likeness (QED) is 0.563. The molecule has 140 valence electrons. The number of nitrogen functional groups attached to an aromatic ring is 1. The lowest BCUT2D eigenvalue weighted by Gasteiger charge is -2.32. The number of nitrogens with zero attached hydrogens (tertiary/aromatic N) is 3. The maximum Gasteiger partial charge on any atom is 0.135 e. The fourth-order valence-electron chi connectivity index (χ4n) is 3.73. The van der Waals surface area contributed by atoms with E-state index in [1.807, 2.05) is 60.7 Å². The fraction of sp³-hybridized carbons (Fsp3) is 0.182. The molecule has 1 aliphatic rings. The van der Waals surface area contributed by atoms with E-state index in [0.717, 1.165) is 46.5 Å². The number of fused-ring (bicyclic) bond motifs is 1. The van der Waals surface area contributed by atoms with Gasteiger partial charge in [-0.1, -0.05) is 18.2 Å². The number of nitrogens with two attached hydrogens (primary N) is 2. The lowest BCUT2D eigenvalue weighted by atomic mass is 9.88. The molecule has 0 spiro atoms. The van der Waals surface area contributed by atoms with Crippen LogP contribution < -0.4 is 16.2 Å². The molecule has 6 heteroatoms. The first-order chi connectivity index (χ1) is 13.7. The van der Waals surface area contributed by atoms with E-state index in [4.69, 9.17) is 21.3 Å². The Balaban J connectivity index is 1.52. The molecule has 28 heavy (non-hydrogen) atoms. The Kier molecular flexibility index (Phi) is 3.98. The molecular formula is C22H21N5O. The summed E-state index contributed by atoms with van der Waals surface area (Å²) in [4.78, 5) is 4.27. The molecule has 6 nitrogen and oxygen atoms in total. The predicted molar refractivity (Wildman–Crippen MR) is 110 cm³/mol. The highest BCUT2D eigenvalue weighted by atomic mass is 16.5. The predicted octanol–water partition coefficient (Wildman–Crippen LogP) is 4.14. The molecule has 0 saturated heterocycles. The van der Waals surface area contributed by atoms with Crippen molar-refractivity contribution in [2.75, 3.05) is 5.73 Å². The SMILES string of the molecule is Nc1nccc2c1c(-c1ccc(Oc3ccccc3)cc1)nn2C1CC(N)C1. The summed E-state index contributed by atoms with van der Waals surface area (Å²) >= 11 is 0. The van der Waals surface area contributed by atoms with E-state index in [1.54, 1.807) is 6.20 Å². The normalized spacial score (nSPS) is 18.8. The van der Waals surface area contributed by atoms with E-state index in [1.165, 1.54) is 0 Å². The number of rotatable bonds is 4. The van der Waals surface area contributed by atoms with Crippen LogP contribution in [0.25, 0.3) is 22.2 Å². The van der Waals surface area contributed by atoms with Gasteiger partial charge >= 0.3 is 0 Å². The van der Waals surface area contributed by atoms with Gasteiger partial charge in [-0.15, -0.1) is 0 Å². The van der Waals surface area contributed by atoms with Gasteiger partial charge in [0.25, 0.3) is 0 Å². The number of hydrogen-bond donors (Lipinski definition) is 2. The Bertz CT molecular complexity index is 1120. The van der Waals surface area contributed by atoms with E-state index < -0.39 is 0 Å². The van der Waals surface area contributed by atoms with Crippen molar-refractivity contribution in [3.8, 4) is 22.8 Å². The molecule has 0 atom stereocenters. The molecule has 4 N–H and O–H groups in total. The highest BCUT2D eigenvalue weighted by molar-refractivity contribution is 6.00. The van der Waals surface area contributed by atoms with Crippen LogP contribution in [0.4, 0.5) is 5.82 Å². The monoisotopic (exact) mass is 371 g/mol. The van der Waals surface area contributed by atoms with Gasteiger partial charge in [-0.25, -0.2) is 4.98 Å². The Labute approximate surface area is 162 Å². The summed E-state index contributed by atoms with van der Waals surface area (Å²) in [6, 6.07) is 20.1. The number of pyridine rings is 1. The third-order valence-electron chi connectivity index (χ3n) is 5.25. The molecule has 2 aromatic heterocycles. The van der Waals surface area contributed by atoms with Crippen molar-refractivity contribution >= 4 is 16.7 Å². The van der Waals surface area contributed by atoms with Crippen LogP contribution in [-0.4, -0.2) is 20.8 Å². The van der Waals surface area contributed by atoms with Crippen LogP contribution in [0.5, 0.6) is 11.5 Å². The second-order valence-corrected chi connectivity index (χ2v) is 7.21. The molecule has 1 fully saturated rings. The average molecular weight is 371 g/mol. The smallest absolute Gasteiger partial charge is 0.135 e. The van der Waals surface area contributed by atoms with Crippen LogP contribution >= 0.6 is 0 Å². The summed E-state index contributed by atoms with van der Waals surface area (Å²) in [5.41, 5.74) is 15.0. The van der Waals surface area contributed by atoms with Crippen LogP contribution in [0.3, 0.4) is 0 Å². The van der Waals surface area contributed by atoms with Gasteiger partial charge in [0.05, 0.1) is 16.9 Å². The number of benzene rings is 2. The molecule has 1 aliphatic carbocycles. The van der Waals surface area contributed by atoms with Crippen LogP contribution in [0.1, 0.15) is 18.9 Å². The van der Waals surface area contributed by atoms with Gasteiger partial charge in [0.1, 0.15) is 23.0 Å². The lowest BCUT2D eigenvalue weighted by Crippen LogP contribution is -2.38. The van der Waals surface area contributed by atoms with Gasteiger partial charge in [0.15, 0.2) is 0 Å². The molecule has 0 bridgehead atoms. The highest BCUT2D eigenvalue weighted by Gasteiger charge is 2.30. The number of anilines is 1. The zero-order valence-electron chi connectivity index (χ0n) is 15.3. The van der Waals surface area contributed by atoms with E-state index in [0.29, 0.717) is 11.9 Å². The summed E-state index contributed by atoms with van der Waals surface area (Å²) in [5.74, 6) is 2.07. The van der Waals surface area contributed by atoms with Crippen LogP contribution in [-0.2, 0) is 0 Å². The third-order valence-corrected chi connectivity index (χ3v) is 5.25. The second kappa shape index (κ2) is 6.65. The molecule has 2 aromatic carbocycles. The minimum Gasteiger partial charge on any atom is -0.457 e. The van der Waals surface area contributed by atoms with Gasteiger partial charge in [0.2, 0.25) is 0 Å². The van der Waals surface area contributed by atoms with Crippen LogP contribution in [0.2, 0.25) is 0 Å². The number of ether oxygens (including phenoxy) is 1. The van der Waals surface area contributed by atoms with Gasteiger partial charge in [-0.3, -0.25) is 4.68 Å². The largest absolute Gasteiger partial charge is 0.457 e. The van der Waals surface area contributed by atoms with Gasteiger partial charge in [-0.05, 0) is 55.3 Å². The standard InChI is InChI=1S/C22H21N5O/c23-15-12-16(13-15)27-19-10-11-25-22(24)20(19)21(26-27)14-6-8-18(9-7-14)28-17-4-2-1-3-5-17/h1-11,15-16H,12-13,23H2,(H2,24,25). The van der Waals surface area contributed by atoms with Gasteiger partial charge < -0.3 is 16.2 Å². The molecular weight excluding hydrogens is 350 g/mol. The van der Waals surface area contributed by atoms with E-state index in [2.05, 4.69) is 9.67 Å². The maximum absolute atomic E-state index is 6.21. The number of para-hydroxylation sites is 1. The summed E-state index contributed by atoms with van der Waals surface area (Å²) in [7, 11) is 0. The number of hydrogen-bond acceptors (Lipinski definition) is 5. The van der Waals surface area contributed by atoms with E-state index >= 15 is 0 Å². The first kappa shape index (κ1) is 16.8. The topological polar surface area (TPSA) is 92.0 Å². The maximum atomic E-state index is 6.21. The third kappa shape index (κ3) is 2.88.